The Morgan fingerprint density at radius 2 is 2.03 bits per heavy atom. The van der Waals surface area contributed by atoms with Crippen molar-refractivity contribution in [1.29, 1.82) is 0 Å². The third-order valence-electron chi connectivity index (χ3n) is 5.32. The maximum atomic E-state index is 12.5. The number of piperidine rings is 1. The number of carbonyl (C=O) groups excluding carboxylic acids is 1. The van der Waals surface area contributed by atoms with Gasteiger partial charge >= 0.3 is 6.09 Å². The second-order valence-electron chi connectivity index (χ2n) is 8.54. The molecule has 1 fully saturated rings. The number of hydrogen-bond donors (Lipinski definition) is 2. The molecule has 1 amide bonds. The van der Waals surface area contributed by atoms with E-state index in [2.05, 4.69) is 20.2 Å². The van der Waals surface area contributed by atoms with Crippen molar-refractivity contribution < 1.29 is 14.3 Å². The molecule has 2 aliphatic heterocycles. The summed E-state index contributed by atoms with van der Waals surface area (Å²) in [7, 11) is 0. The monoisotopic (exact) mass is 398 g/mol. The SMILES string of the molecule is CC(C)(C)OC(=O)N[C@@H]1c2ccccc2OC12CCN(c1c[nH]c(=O)cn1)CC2. The van der Waals surface area contributed by atoms with E-state index in [1.807, 2.05) is 45.0 Å². The third kappa shape index (κ3) is 3.92. The molecular formula is C21H26N4O4. The first kappa shape index (κ1) is 19.3. The zero-order chi connectivity index (χ0) is 20.6. The number of H-pyrrole nitrogens is 1. The van der Waals surface area contributed by atoms with Crippen molar-refractivity contribution in [2.75, 3.05) is 18.0 Å². The van der Waals surface area contributed by atoms with Crippen molar-refractivity contribution in [2.24, 2.45) is 0 Å². The van der Waals surface area contributed by atoms with Crippen molar-refractivity contribution in [2.45, 2.75) is 50.9 Å². The average molecular weight is 398 g/mol. The fourth-order valence-electron chi connectivity index (χ4n) is 4.02. The number of hydrogen-bond acceptors (Lipinski definition) is 6. The molecular weight excluding hydrogens is 372 g/mol. The van der Waals surface area contributed by atoms with Crippen LogP contribution in [-0.2, 0) is 4.74 Å². The van der Waals surface area contributed by atoms with Gasteiger partial charge in [0.05, 0.1) is 6.20 Å². The molecule has 8 nitrogen and oxygen atoms in total. The van der Waals surface area contributed by atoms with Crippen LogP contribution in [0.3, 0.4) is 0 Å². The van der Waals surface area contributed by atoms with Gasteiger partial charge in [-0.05, 0) is 26.8 Å². The number of nitrogens with zero attached hydrogens (tertiary/aromatic N) is 2. The summed E-state index contributed by atoms with van der Waals surface area (Å²) in [6.07, 6.45) is 3.86. The minimum atomic E-state index is -0.574. The van der Waals surface area contributed by atoms with Gasteiger partial charge < -0.3 is 24.7 Å². The molecule has 1 aromatic carbocycles. The van der Waals surface area contributed by atoms with Crippen LogP contribution in [0.25, 0.3) is 0 Å². The molecule has 8 heteroatoms. The van der Waals surface area contributed by atoms with Crippen LogP contribution in [0.2, 0.25) is 0 Å². The van der Waals surface area contributed by atoms with Gasteiger partial charge in [-0.1, -0.05) is 18.2 Å². The topological polar surface area (TPSA) is 96.5 Å². The summed E-state index contributed by atoms with van der Waals surface area (Å²) in [6, 6.07) is 7.51. The molecule has 1 aromatic heterocycles. The van der Waals surface area contributed by atoms with E-state index in [0.717, 1.165) is 17.1 Å². The van der Waals surface area contributed by atoms with E-state index in [1.165, 1.54) is 6.20 Å². The van der Waals surface area contributed by atoms with E-state index in [4.69, 9.17) is 9.47 Å². The first-order valence-electron chi connectivity index (χ1n) is 9.83. The fraction of sp³-hybridized carbons (Fsp3) is 0.476. The maximum Gasteiger partial charge on any atom is 0.408 e. The van der Waals surface area contributed by atoms with Gasteiger partial charge in [-0.25, -0.2) is 9.78 Å². The number of aromatic amines is 1. The van der Waals surface area contributed by atoms with Crippen molar-refractivity contribution in [3.8, 4) is 5.75 Å². The lowest BCUT2D eigenvalue weighted by molar-refractivity contribution is 0.0149. The van der Waals surface area contributed by atoms with Gasteiger partial charge in [0, 0.05) is 37.7 Å². The van der Waals surface area contributed by atoms with Crippen LogP contribution in [0.4, 0.5) is 10.6 Å². The molecule has 1 atom stereocenters. The quantitative estimate of drug-likeness (QED) is 0.808. The molecule has 0 unspecified atom stereocenters. The number of benzene rings is 1. The Hall–Kier alpha value is -3.03. The summed E-state index contributed by atoms with van der Waals surface area (Å²) in [6.45, 7) is 6.92. The highest BCUT2D eigenvalue weighted by atomic mass is 16.6. The minimum Gasteiger partial charge on any atom is -0.484 e. The predicted molar refractivity (Wildman–Crippen MR) is 108 cm³/mol. The number of carbonyl (C=O) groups is 1. The van der Waals surface area contributed by atoms with Crippen molar-refractivity contribution in [1.82, 2.24) is 15.3 Å². The van der Waals surface area contributed by atoms with Gasteiger partial charge in [0.2, 0.25) is 0 Å². The number of alkyl carbamates (subject to hydrolysis) is 1. The number of rotatable bonds is 2. The van der Waals surface area contributed by atoms with Crippen LogP contribution in [0.15, 0.2) is 41.5 Å². The molecule has 1 saturated heterocycles. The molecule has 2 N–H and O–H groups in total. The van der Waals surface area contributed by atoms with Gasteiger partial charge in [-0.3, -0.25) is 4.79 Å². The number of ether oxygens (including phenoxy) is 2. The molecule has 2 aliphatic rings. The van der Waals surface area contributed by atoms with Gasteiger partial charge in [0.25, 0.3) is 5.56 Å². The van der Waals surface area contributed by atoms with Crippen LogP contribution in [-0.4, -0.2) is 40.4 Å². The van der Waals surface area contributed by atoms with Crippen LogP contribution in [0.1, 0.15) is 45.2 Å². The first-order valence-corrected chi connectivity index (χ1v) is 9.83. The number of aromatic nitrogens is 2. The average Bonchev–Trinajstić information content (AvgIpc) is 2.95. The van der Waals surface area contributed by atoms with Crippen molar-refractivity contribution in [3.05, 3.63) is 52.6 Å². The Balaban J connectivity index is 1.54. The predicted octanol–water partition coefficient (Wildman–Crippen LogP) is 2.77. The lowest BCUT2D eigenvalue weighted by Crippen LogP contribution is -2.54. The Morgan fingerprint density at radius 1 is 1.31 bits per heavy atom. The largest absolute Gasteiger partial charge is 0.484 e. The highest BCUT2D eigenvalue weighted by Crippen LogP contribution is 2.48. The molecule has 0 aliphatic carbocycles. The van der Waals surface area contributed by atoms with E-state index in [1.54, 1.807) is 6.20 Å². The number of fused-ring (bicyclic) bond motifs is 1. The van der Waals surface area contributed by atoms with Crippen LogP contribution >= 0.6 is 0 Å². The van der Waals surface area contributed by atoms with Crippen LogP contribution < -0.4 is 20.5 Å². The molecule has 0 radical (unpaired) electrons. The van der Waals surface area contributed by atoms with Crippen molar-refractivity contribution in [3.63, 3.8) is 0 Å². The number of nitrogens with one attached hydrogen (secondary N) is 2. The van der Waals surface area contributed by atoms with Crippen LogP contribution in [0.5, 0.6) is 5.75 Å². The van der Waals surface area contributed by atoms with E-state index in [0.29, 0.717) is 25.9 Å². The number of para-hydroxylation sites is 1. The highest BCUT2D eigenvalue weighted by Gasteiger charge is 2.51. The van der Waals surface area contributed by atoms with Gasteiger partial charge in [-0.15, -0.1) is 0 Å². The van der Waals surface area contributed by atoms with Crippen molar-refractivity contribution >= 4 is 11.9 Å². The Labute approximate surface area is 169 Å². The number of amides is 1. The smallest absolute Gasteiger partial charge is 0.408 e. The van der Waals surface area contributed by atoms with E-state index < -0.39 is 17.3 Å². The summed E-state index contributed by atoms with van der Waals surface area (Å²) in [5.41, 5.74) is -0.373. The number of anilines is 1. The molecule has 3 heterocycles. The summed E-state index contributed by atoms with van der Waals surface area (Å²) in [4.78, 5) is 32.8. The highest BCUT2D eigenvalue weighted by molar-refractivity contribution is 5.69. The normalized spacial score (nSPS) is 20.1. The van der Waals surface area contributed by atoms with E-state index in [-0.39, 0.29) is 11.6 Å². The summed E-state index contributed by atoms with van der Waals surface area (Å²) in [5.74, 6) is 1.52. The third-order valence-corrected chi connectivity index (χ3v) is 5.32. The van der Waals surface area contributed by atoms with E-state index >= 15 is 0 Å². The molecule has 0 saturated carbocycles. The molecule has 29 heavy (non-hydrogen) atoms. The summed E-state index contributed by atoms with van der Waals surface area (Å²) < 4.78 is 11.9. The standard InChI is InChI=1S/C21H26N4O4/c1-20(2,3)29-19(27)24-18-14-6-4-5-7-15(14)28-21(18)8-10-25(11-9-21)16-12-23-17(26)13-22-16/h4-7,12-13,18H,8-11H2,1-3H3,(H,23,26)(H,24,27)/t18-/m1/s1. The second-order valence-corrected chi connectivity index (χ2v) is 8.54. The zero-order valence-electron chi connectivity index (χ0n) is 16.9. The fourth-order valence-corrected chi connectivity index (χ4v) is 4.02. The molecule has 4 rings (SSSR count). The first-order chi connectivity index (χ1) is 13.8. The van der Waals surface area contributed by atoms with Gasteiger partial charge in [0.1, 0.15) is 28.8 Å². The molecule has 2 aromatic rings. The maximum absolute atomic E-state index is 12.5. The second kappa shape index (κ2) is 7.09. The minimum absolute atomic E-state index is 0.224. The van der Waals surface area contributed by atoms with E-state index in [9.17, 15) is 9.59 Å². The lowest BCUT2D eigenvalue weighted by atomic mass is 9.82. The van der Waals surface area contributed by atoms with Gasteiger partial charge in [-0.2, -0.15) is 0 Å². The Kier molecular flexibility index (Phi) is 4.72. The Morgan fingerprint density at radius 3 is 2.69 bits per heavy atom. The van der Waals surface area contributed by atoms with Crippen LogP contribution in [0, 0.1) is 0 Å². The lowest BCUT2D eigenvalue weighted by Gasteiger charge is -2.42. The molecule has 154 valence electrons. The Bertz CT molecular complexity index is 937. The summed E-state index contributed by atoms with van der Waals surface area (Å²) >= 11 is 0. The molecule has 1 spiro atoms. The van der Waals surface area contributed by atoms with Gasteiger partial charge in [0.15, 0.2) is 0 Å². The summed E-state index contributed by atoms with van der Waals surface area (Å²) in [5, 5.41) is 3.05. The zero-order valence-corrected chi connectivity index (χ0v) is 16.9. The molecule has 0 bridgehead atoms.